The van der Waals surface area contributed by atoms with E-state index in [2.05, 4.69) is 9.88 Å². The lowest BCUT2D eigenvalue weighted by Crippen LogP contribution is -2.46. The largest absolute Gasteiger partial charge is 0.466 e. The molecule has 4 nitrogen and oxygen atoms in total. The molecule has 0 saturated carbocycles. The lowest BCUT2D eigenvalue weighted by molar-refractivity contribution is -0.158. The zero-order valence-corrected chi connectivity index (χ0v) is 15.9. The summed E-state index contributed by atoms with van der Waals surface area (Å²) in [4.78, 5) is 19.6. The predicted molar refractivity (Wildman–Crippen MR) is 103 cm³/mol. The van der Waals surface area contributed by atoms with Crippen molar-refractivity contribution in [3.05, 3.63) is 64.9 Å². The Morgan fingerprint density at radius 2 is 1.92 bits per heavy atom. The van der Waals surface area contributed by atoms with Crippen LogP contribution >= 0.6 is 11.6 Å². The molecule has 1 aliphatic heterocycles. The summed E-state index contributed by atoms with van der Waals surface area (Å²) in [5, 5.41) is 0.715. The minimum atomic E-state index is -0.498. The van der Waals surface area contributed by atoms with E-state index in [0.717, 1.165) is 43.7 Å². The van der Waals surface area contributed by atoms with Crippen LogP contribution < -0.4 is 0 Å². The number of ether oxygens (including phenoxy) is 1. The molecular formula is C21H25ClN2O2. The van der Waals surface area contributed by atoms with Crippen molar-refractivity contribution in [2.75, 3.05) is 19.7 Å². The second-order valence-corrected chi connectivity index (χ2v) is 7.27. The SMILES string of the molecule is CCOC(=O)C1(Cc2ccccc2Cl)CCN(Cc2ccccn2)CC1. The van der Waals surface area contributed by atoms with Crippen molar-refractivity contribution in [1.29, 1.82) is 0 Å². The van der Waals surface area contributed by atoms with Crippen LogP contribution in [0.1, 0.15) is 31.0 Å². The van der Waals surface area contributed by atoms with Crippen molar-refractivity contribution in [3.63, 3.8) is 0 Å². The summed E-state index contributed by atoms with van der Waals surface area (Å²) in [6.07, 6.45) is 3.98. The number of rotatable bonds is 6. The normalized spacial score (nSPS) is 17.0. The summed E-state index contributed by atoms with van der Waals surface area (Å²) in [6.45, 7) is 4.77. The number of pyridine rings is 1. The van der Waals surface area contributed by atoms with E-state index in [0.29, 0.717) is 18.1 Å². The standard InChI is InChI=1S/C21H25ClN2O2/c1-2-26-20(25)21(15-17-7-3-4-9-19(17)22)10-13-24(14-11-21)16-18-8-5-6-12-23-18/h3-9,12H,2,10-11,13-16H2,1H3. The zero-order chi connectivity index (χ0) is 18.4. The van der Waals surface area contributed by atoms with Gasteiger partial charge in [-0.2, -0.15) is 0 Å². The summed E-state index contributed by atoms with van der Waals surface area (Å²) in [5.41, 5.74) is 1.57. The van der Waals surface area contributed by atoms with E-state index in [1.807, 2.05) is 55.6 Å². The van der Waals surface area contributed by atoms with Crippen LogP contribution in [-0.4, -0.2) is 35.5 Å². The summed E-state index contributed by atoms with van der Waals surface area (Å²) in [6, 6.07) is 13.7. The van der Waals surface area contributed by atoms with Crippen molar-refractivity contribution in [2.24, 2.45) is 5.41 Å². The van der Waals surface area contributed by atoms with Gasteiger partial charge in [0.15, 0.2) is 0 Å². The Labute approximate surface area is 160 Å². The maximum Gasteiger partial charge on any atom is 0.312 e. The molecular weight excluding hydrogens is 348 g/mol. The molecule has 0 aliphatic carbocycles. The van der Waals surface area contributed by atoms with Gasteiger partial charge in [0.1, 0.15) is 0 Å². The Morgan fingerprint density at radius 3 is 2.58 bits per heavy atom. The molecule has 5 heteroatoms. The first-order valence-corrected chi connectivity index (χ1v) is 9.54. The molecule has 0 bridgehead atoms. The van der Waals surface area contributed by atoms with Gasteiger partial charge in [-0.15, -0.1) is 0 Å². The van der Waals surface area contributed by atoms with Gasteiger partial charge in [-0.1, -0.05) is 35.9 Å². The fraction of sp³-hybridized carbons (Fsp3) is 0.429. The highest BCUT2D eigenvalue weighted by Crippen LogP contribution is 2.38. The second kappa shape index (κ2) is 8.65. The summed E-state index contributed by atoms with van der Waals surface area (Å²) in [7, 11) is 0. The summed E-state index contributed by atoms with van der Waals surface area (Å²) < 4.78 is 5.44. The highest BCUT2D eigenvalue weighted by molar-refractivity contribution is 6.31. The predicted octanol–water partition coefficient (Wildman–Crippen LogP) is 4.12. The van der Waals surface area contributed by atoms with Gasteiger partial charge in [-0.3, -0.25) is 14.7 Å². The van der Waals surface area contributed by atoms with Gasteiger partial charge < -0.3 is 4.74 Å². The molecule has 0 N–H and O–H groups in total. The third-order valence-corrected chi connectivity index (χ3v) is 5.49. The second-order valence-electron chi connectivity index (χ2n) is 6.87. The van der Waals surface area contributed by atoms with Crippen LogP contribution in [0.3, 0.4) is 0 Å². The molecule has 0 atom stereocenters. The Morgan fingerprint density at radius 1 is 1.19 bits per heavy atom. The van der Waals surface area contributed by atoms with Gasteiger partial charge >= 0.3 is 5.97 Å². The number of nitrogens with zero attached hydrogens (tertiary/aromatic N) is 2. The fourth-order valence-corrected chi connectivity index (χ4v) is 3.81. The average Bonchev–Trinajstić information content (AvgIpc) is 2.66. The number of benzene rings is 1. The molecule has 2 aromatic rings. The van der Waals surface area contributed by atoms with Crippen molar-refractivity contribution >= 4 is 17.6 Å². The molecule has 1 aliphatic rings. The molecule has 1 saturated heterocycles. The molecule has 26 heavy (non-hydrogen) atoms. The van der Waals surface area contributed by atoms with Gasteiger partial charge in [0.2, 0.25) is 0 Å². The highest BCUT2D eigenvalue weighted by atomic mass is 35.5. The van der Waals surface area contributed by atoms with Gasteiger partial charge in [-0.25, -0.2) is 0 Å². The molecule has 1 aromatic carbocycles. The molecule has 0 amide bonds. The first kappa shape index (κ1) is 18.9. The Hall–Kier alpha value is -1.91. The van der Waals surface area contributed by atoms with Crippen LogP contribution in [0.2, 0.25) is 5.02 Å². The van der Waals surface area contributed by atoms with E-state index < -0.39 is 5.41 Å². The molecule has 0 unspecified atom stereocenters. The van der Waals surface area contributed by atoms with Crippen molar-refractivity contribution in [3.8, 4) is 0 Å². The minimum absolute atomic E-state index is 0.0996. The highest BCUT2D eigenvalue weighted by Gasteiger charge is 2.43. The van der Waals surface area contributed by atoms with Crippen molar-refractivity contribution in [2.45, 2.75) is 32.7 Å². The van der Waals surface area contributed by atoms with E-state index in [4.69, 9.17) is 16.3 Å². The lowest BCUT2D eigenvalue weighted by Gasteiger charge is -2.40. The zero-order valence-electron chi connectivity index (χ0n) is 15.2. The summed E-state index contributed by atoms with van der Waals surface area (Å²) in [5.74, 6) is -0.0996. The van der Waals surface area contributed by atoms with Crippen LogP contribution in [0.25, 0.3) is 0 Å². The van der Waals surface area contributed by atoms with Gasteiger partial charge in [0, 0.05) is 17.8 Å². The number of carbonyl (C=O) groups excluding carboxylic acids is 1. The number of piperidine rings is 1. The Kier molecular flexibility index (Phi) is 6.28. The molecule has 138 valence electrons. The van der Waals surface area contributed by atoms with Crippen LogP contribution in [-0.2, 0) is 22.5 Å². The summed E-state index contributed by atoms with van der Waals surface area (Å²) >= 11 is 6.35. The maximum atomic E-state index is 12.8. The molecule has 0 spiro atoms. The minimum Gasteiger partial charge on any atom is -0.466 e. The van der Waals surface area contributed by atoms with Gasteiger partial charge in [-0.05, 0) is 63.0 Å². The fourth-order valence-electron chi connectivity index (χ4n) is 3.60. The molecule has 0 radical (unpaired) electrons. The van der Waals surface area contributed by atoms with E-state index >= 15 is 0 Å². The topological polar surface area (TPSA) is 42.4 Å². The third kappa shape index (κ3) is 4.43. The van der Waals surface area contributed by atoms with Crippen molar-refractivity contribution < 1.29 is 9.53 Å². The maximum absolute atomic E-state index is 12.8. The first-order chi connectivity index (χ1) is 12.6. The van der Waals surface area contributed by atoms with E-state index in [-0.39, 0.29) is 5.97 Å². The van der Waals surface area contributed by atoms with Gasteiger partial charge in [0.05, 0.1) is 17.7 Å². The first-order valence-electron chi connectivity index (χ1n) is 9.16. The monoisotopic (exact) mass is 372 g/mol. The molecule has 1 aromatic heterocycles. The number of aromatic nitrogens is 1. The number of likely N-dealkylation sites (tertiary alicyclic amines) is 1. The van der Waals surface area contributed by atoms with Crippen LogP contribution in [0.4, 0.5) is 0 Å². The van der Waals surface area contributed by atoms with Gasteiger partial charge in [0.25, 0.3) is 0 Å². The smallest absolute Gasteiger partial charge is 0.312 e. The number of carbonyl (C=O) groups is 1. The number of hydrogen-bond donors (Lipinski definition) is 0. The van der Waals surface area contributed by atoms with E-state index in [1.165, 1.54) is 0 Å². The van der Waals surface area contributed by atoms with E-state index in [1.54, 1.807) is 0 Å². The Balaban J connectivity index is 1.72. The number of halogens is 1. The number of hydrogen-bond acceptors (Lipinski definition) is 4. The Bertz CT molecular complexity index is 728. The quantitative estimate of drug-likeness (QED) is 0.715. The third-order valence-electron chi connectivity index (χ3n) is 5.12. The average molecular weight is 373 g/mol. The molecule has 1 fully saturated rings. The van der Waals surface area contributed by atoms with E-state index in [9.17, 15) is 4.79 Å². The van der Waals surface area contributed by atoms with Crippen LogP contribution in [0.15, 0.2) is 48.7 Å². The van der Waals surface area contributed by atoms with Crippen molar-refractivity contribution in [1.82, 2.24) is 9.88 Å². The van der Waals surface area contributed by atoms with Crippen LogP contribution in [0.5, 0.6) is 0 Å². The molecule has 3 rings (SSSR count). The number of esters is 1. The van der Waals surface area contributed by atoms with Crippen LogP contribution in [0, 0.1) is 5.41 Å². The lowest BCUT2D eigenvalue weighted by atomic mass is 9.73. The molecule has 2 heterocycles.